The fourth-order valence-corrected chi connectivity index (χ4v) is 4.69. The van der Waals surface area contributed by atoms with Crippen molar-refractivity contribution in [1.29, 1.82) is 0 Å². The molecule has 2 aliphatic heterocycles. The van der Waals surface area contributed by atoms with Crippen LogP contribution in [0, 0.1) is 11.8 Å². The summed E-state index contributed by atoms with van der Waals surface area (Å²) in [6.45, 7) is 10.6. The van der Waals surface area contributed by atoms with E-state index in [1.165, 1.54) is 0 Å². The Balaban J connectivity index is 1.89. The predicted molar refractivity (Wildman–Crippen MR) is 132 cm³/mol. The van der Waals surface area contributed by atoms with Gasteiger partial charge in [-0.1, -0.05) is 13.8 Å². The topological polar surface area (TPSA) is 80.3 Å². The molecule has 0 saturated carbocycles. The Kier molecular flexibility index (Phi) is 9.74. The van der Waals surface area contributed by atoms with Gasteiger partial charge in [0.2, 0.25) is 5.91 Å². The Bertz CT molecular complexity index is 827. The van der Waals surface area contributed by atoms with Crippen LogP contribution in [0.25, 0.3) is 0 Å². The van der Waals surface area contributed by atoms with Crippen LogP contribution in [0.3, 0.4) is 0 Å². The van der Waals surface area contributed by atoms with Gasteiger partial charge in [-0.2, -0.15) is 0 Å². The van der Waals surface area contributed by atoms with E-state index >= 15 is 0 Å². The van der Waals surface area contributed by atoms with E-state index in [1.54, 1.807) is 44.2 Å². The SMILES string of the molecule is CCC(=O)Nc1ccc2c(c1)OC[C@H](C)N(CC1CCOCC1)C[C@H](C)[C@@H](OC)CN(C)C2=O. The zero-order valence-corrected chi connectivity index (χ0v) is 21.3. The van der Waals surface area contributed by atoms with Gasteiger partial charge in [0.25, 0.3) is 5.91 Å². The number of carbonyl (C=O) groups is 2. The number of likely N-dealkylation sites (N-methyl/N-ethyl adjacent to an activating group) is 1. The molecule has 0 aromatic heterocycles. The first kappa shape index (κ1) is 26.4. The minimum Gasteiger partial charge on any atom is -0.491 e. The minimum atomic E-state index is -0.120. The van der Waals surface area contributed by atoms with Crippen molar-refractivity contribution < 1.29 is 23.8 Å². The standard InChI is InChI=1S/C26H41N3O5/c1-6-25(30)27-21-7-8-22-23(13-21)34-17-19(3)29(15-20-9-11-33-12-10-20)14-18(2)24(32-5)16-28(4)26(22)31/h7-8,13,18-20,24H,6,9-12,14-17H2,1-5H3,(H,27,30)/t18-,19-,24-/m0/s1. The molecule has 1 N–H and O–H groups in total. The van der Waals surface area contributed by atoms with Crippen molar-refractivity contribution in [2.75, 3.05) is 58.9 Å². The van der Waals surface area contributed by atoms with E-state index in [2.05, 4.69) is 24.1 Å². The number of methoxy groups -OCH3 is 1. The summed E-state index contributed by atoms with van der Waals surface area (Å²) >= 11 is 0. The number of hydrogen-bond donors (Lipinski definition) is 1. The van der Waals surface area contributed by atoms with Crippen LogP contribution in [0.15, 0.2) is 18.2 Å². The van der Waals surface area contributed by atoms with E-state index < -0.39 is 0 Å². The molecule has 190 valence electrons. The molecule has 2 amide bonds. The third-order valence-electron chi connectivity index (χ3n) is 7.01. The maximum Gasteiger partial charge on any atom is 0.257 e. The van der Waals surface area contributed by atoms with Crippen molar-refractivity contribution in [3.05, 3.63) is 23.8 Å². The lowest BCUT2D eigenvalue weighted by atomic mass is 9.96. The molecule has 3 rings (SSSR count). The molecule has 0 radical (unpaired) electrons. The minimum absolute atomic E-state index is 0.0785. The van der Waals surface area contributed by atoms with Gasteiger partial charge >= 0.3 is 0 Å². The number of hydrogen-bond acceptors (Lipinski definition) is 6. The monoisotopic (exact) mass is 475 g/mol. The van der Waals surface area contributed by atoms with Crippen LogP contribution < -0.4 is 10.1 Å². The zero-order chi connectivity index (χ0) is 24.7. The summed E-state index contributed by atoms with van der Waals surface area (Å²) in [6.07, 6.45) is 2.46. The van der Waals surface area contributed by atoms with Crippen LogP contribution in [0.2, 0.25) is 0 Å². The fraction of sp³-hybridized carbons (Fsp3) is 0.692. The second kappa shape index (κ2) is 12.5. The van der Waals surface area contributed by atoms with Crippen LogP contribution in [-0.4, -0.2) is 87.4 Å². The molecule has 0 unspecified atom stereocenters. The predicted octanol–water partition coefficient (Wildman–Crippen LogP) is 3.27. The summed E-state index contributed by atoms with van der Waals surface area (Å²) in [4.78, 5) is 29.4. The Morgan fingerprint density at radius 3 is 2.62 bits per heavy atom. The highest BCUT2D eigenvalue weighted by atomic mass is 16.5. The molecule has 2 heterocycles. The van der Waals surface area contributed by atoms with Crippen molar-refractivity contribution in [3.8, 4) is 5.75 Å². The third-order valence-corrected chi connectivity index (χ3v) is 7.01. The zero-order valence-electron chi connectivity index (χ0n) is 21.3. The Morgan fingerprint density at radius 2 is 1.94 bits per heavy atom. The first-order valence-corrected chi connectivity index (χ1v) is 12.5. The number of fused-ring (bicyclic) bond motifs is 1. The highest BCUT2D eigenvalue weighted by Gasteiger charge is 2.30. The van der Waals surface area contributed by atoms with Crippen LogP contribution in [0.5, 0.6) is 5.75 Å². The normalized spacial score (nSPS) is 25.6. The summed E-state index contributed by atoms with van der Waals surface area (Å²) in [6, 6.07) is 5.40. The second-order valence-electron chi connectivity index (χ2n) is 9.72. The molecule has 34 heavy (non-hydrogen) atoms. The summed E-state index contributed by atoms with van der Waals surface area (Å²) in [5, 5.41) is 2.86. The molecular formula is C26H41N3O5. The van der Waals surface area contributed by atoms with E-state index in [0.717, 1.165) is 39.1 Å². The third kappa shape index (κ3) is 6.93. The quantitative estimate of drug-likeness (QED) is 0.704. The van der Waals surface area contributed by atoms with Crippen molar-refractivity contribution in [2.24, 2.45) is 11.8 Å². The molecular weight excluding hydrogens is 434 g/mol. The van der Waals surface area contributed by atoms with Gasteiger partial charge in [-0.25, -0.2) is 0 Å². The smallest absolute Gasteiger partial charge is 0.257 e. The Morgan fingerprint density at radius 1 is 1.21 bits per heavy atom. The van der Waals surface area contributed by atoms with Gasteiger partial charge in [-0.3, -0.25) is 14.5 Å². The van der Waals surface area contributed by atoms with Crippen LogP contribution in [0.4, 0.5) is 5.69 Å². The molecule has 0 spiro atoms. The lowest BCUT2D eigenvalue weighted by Gasteiger charge is -2.38. The molecule has 0 bridgehead atoms. The second-order valence-corrected chi connectivity index (χ2v) is 9.72. The van der Waals surface area contributed by atoms with E-state index in [1.807, 2.05) is 0 Å². The van der Waals surface area contributed by atoms with Gasteiger partial charge in [0.05, 0.1) is 11.7 Å². The van der Waals surface area contributed by atoms with Crippen LogP contribution in [0.1, 0.15) is 50.4 Å². The maximum atomic E-state index is 13.3. The van der Waals surface area contributed by atoms with Gasteiger partial charge in [-0.15, -0.1) is 0 Å². The highest BCUT2D eigenvalue weighted by Crippen LogP contribution is 2.27. The van der Waals surface area contributed by atoms with E-state index in [9.17, 15) is 9.59 Å². The molecule has 1 aromatic carbocycles. The number of anilines is 1. The van der Waals surface area contributed by atoms with Gasteiger partial charge in [0, 0.05) is 71.2 Å². The van der Waals surface area contributed by atoms with Crippen molar-refractivity contribution >= 4 is 17.5 Å². The molecule has 8 heteroatoms. The average molecular weight is 476 g/mol. The molecule has 0 aliphatic carbocycles. The Hall–Kier alpha value is -2.16. The van der Waals surface area contributed by atoms with Crippen LogP contribution in [-0.2, 0) is 14.3 Å². The van der Waals surface area contributed by atoms with Gasteiger partial charge in [0.15, 0.2) is 0 Å². The fourth-order valence-electron chi connectivity index (χ4n) is 4.69. The maximum absolute atomic E-state index is 13.3. The van der Waals surface area contributed by atoms with Crippen LogP contribution >= 0.6 is 0 Å². The van der Waals surface area contributed by atoms with E-state index in [0.29, 0.717) is 42.5 Å². The summed E-state index contributed by atoms with van der Waals surface area (Å²) in [7, 11) is 3.52. The first-order valence-electron chi connectivity index (χ1n) is 12.5. The lowest BCUT2D eigenvalue weighted by molar-refractivity contribution is -0.115. The summed E-state index contributed by atoms with van der Waals surface area (Å²) in [5.41, 5.74) is 1.12. The molecule has 1 saturated heterocycles. The van der Waals surface area contributed by atoms with Gasteiger partial charge in [0.1, 0.15) is 12.4 Å². The average Bonchev–Trinajstić information content (AvgIpc) is 2.84. The molecule has 1 aromatic rings. The number of rotatable bonds is 5. The molecule has 3 atom stereocenters. The number of amides is 2. The van der Waals surface area contributed by atoms with Crippen molar-refractivity contribution in [2.45, 2.75) is 52.2 Å². The van der Waals surface area contributed by atoms with E-state index in [4.69, 9.17) is 14.2 Å². The van der Waals surface area contributed by atoms with Crippen molar-refractivity contribution in [1.82, 2.24) is 9.80 Å². The lowest BCUT2D eigenvalue weighted by Crippen LogP contribution is -2.48. The highest BCUT2D eigenvalue weighted by molar-refractivity contribution is 5.98. The van der Waals surface area contributed by atoms with Crippen molar-refractivity contribution in [3.63, 3.8) is 0 Å². The number of nitrogens with zero attached hydrogens (tertiary/aromatic N) is 2. The van der Waals surface area contributed by atoms with Gasteiger partial charge < -0.3 is 24.4 Å². The number of carbonyl (C=O) groups excluding carboxylic acids is 2. The molecule has 1 fully saturated rings. The first-order chi connectivity index (χ1) is 16.3. The molecule has 8 nitrogen and oxygen atoms in total. The Labute approximate surface area is 203 Å². The number of nitrogens with one attached hydrogen (secondary N) is 1. The van der Waals surface area contributed by atoms with Gasteiger partial charge in [-0.05, 0) is 43.7 Å². The van der Waals surface area contributed by atoms with E-state index in [-0.39, 0.29) is 29.9 Å². The summed E-state index contributed by atoms with van der Waals surface area (Å²) in [5.74, 6) is 1.14. The summed E-state index contributed by atoms with van der Waals surface area (Å²) < 4.78 is 17.7. The number of benzene rings is 1. The number of ether oxygens (including phenoxy) is 3. The largest absolute Gasteiger partial charge is 0.491 e. The molecule has 2 aliphatic rings.